The van der Waals surface area contributed by atoms with E-state index in [4.69, 9.17) is 0 Å². The summed E-state index contributed by atoms with van der Waals surface area (Å²) in [4.78, 5) is 10.0. The smallest absolute Gasteiger partial charge is 0.142 e. The number of nitrogens with zero attached hydrogens (tertiary/aromatic N) is 2. The van der Waals surface area contributed by atoms with E-state index in [-0.39, 0.29) is 0 Å². The van der Waals surface area contributed by atoms with Gasteiger partial charge in [-0.15, -0.1) is 0 Å². The van der Waals surface area contributed by atoms with Gasteiger partial charge in [-0.3, -0.25) is 9.48 Å². The van der Waals surface area contributed by atoms with Gasteiger partial charge in [-0.25, -0.2) is 0 Å². The minimum atomic E-state index is 0.586. The molecule has 0 radical (unpaired) electrons. The zero-order chi connectivity index (χ0) is 9.68. The second-order valence-corrected chi connectivity index (χ2v) is 3.38. The van der Waals surface area contributed by atoms with Gasteiger partial charge in [-0.1, -0.05) is 13.8 Å². The van der Waals surface area contributed by atoms with Crippen molar-refractivity contribution >= 4 is 12.4 Å². The Morgan fingerprint density at radius 3 is 3.00 bits per heavy atom. The first-order chi connectivity index (χ1) is 6.22. The van der Waals surface area contributed by atoms with Gasteiger partial charge >= 0.3 is 0 Å². The molecular formula is C10H14N2O. The summed E-state index contributed by atoms with van der Waals surface area (Å²) in [6, 6.07) is 0. The van der Waals surface area contributed by atoms with E-state index in [1.54, 1.807) is 12.3 Å². The van der Waals surface area contributed by atoms with Crippen LogP contribution in [0.25, 0.3) is 6.08 Å². The fourth-order valence-corrected chi connectivity index (χ4v) is 1.09. The standard InChI is InChI=1S/C10H14N2O/c1-9(2)7-12-8-10(6-11-12)4-3-5-13/h3-6,8-9H,7H2,1-2H3. The third-order valence-electron chi connectivity index (χ3n) is 1.57. The third-order valence-corrected chi connectivity index (χ3v) is 1.57. The van der Waals surface area contributed by atoms with Gasteiger partial charge in [-0.2, -0.15) is 5.10 Å². The summed E-state index contributed by atoms with van der Waals surface area (Å²) in [6.07, 6.45) is 7.66. The van der Waals surface area contributed by atoms with E-state index in [1.807, 2.05) is 10.9 Å². The van der Waals surface area contributed by atoms with Crippen LogP contribution in [0.3, 0.4) is 0 Å². The molecule has 0 atom stereocenters. The Balaban J connectivity index is 2.63. The monoisotopic (exact) mass is 178 g/mol. The van der Waals surface area contributed by atoms with Crippen molar-refractivity contribution in [2.45, 2.75) is 20.4 Å². The zero-order valence-corrected chi connectivity index (χ0v) is 7.97. The quantitative estimate of drug-likeness (QED) is 0.520. The summed E-state index contributed by atoms with van der Waals surface area (Å²) in [5.41, 5.74) is 0.966. The van der Waals surface area contributed by atoms with Crippen LogP contribution in [0.4, 0.5) is 0 Å². The molecule has 0 aliphatic heterocycles. The third kappa shape index (κ3) is 3.23. The van der Waals surface area contributed by atoms with Crippen molar-refractivity contribution < 1.29 is 4.79 Å². The van der Waals surface area contributed by atoms with Crippen molar-refractivity contribution in [3.63, 3.8) is 0 Å². The van der Waals surface area contributed by atoms with Gasteiger partial charge < -0.3 is 0 Å². The Kier molecular flexibility index (Phi) is 3.43. The van der Waals surface area contributed by atoms with E-state index in [0.29, 0.717) is 5.92 Å². The molecule has 1 aromatic rings. The molecule has 1 heterocycles. The molecule has 0 fully saturated rings. The molecule has 1 rings (SSSR count). The highest BCUT2D eigenvalue weighted by molar-refractivity contribution is 5.73. The first-order valence-electron chi connectivity index (χ1n) is 4.36. The molecule has 0 bridgehead atoms. The van der Waals surface area contributed by atoms with Gasteiger partial charge in [0, 0.05) is 18.3 Å². The number of hydrogen-bond donors (Lipinski definition) is 0. The summed E-state index contributed by atoms with van der Waals surface area (Å²) in [5, 5.41) is 4.16. The van der Waals surface area contributed by atoms with Gasteiger partial charge in [0.05, 0.1) is 6.20 Å². The summed E-state index contributed by atoms with van der Waals surface area (Å²) in [7, 11) is 0. The van der Waals surface area contributed by atoms with Crippen molar-refractivity contribution in [2.75, 3.05) is 0 Å². The SMILES string of the molecule is CC(C)Cn1cc(C=CC=O)cn1. The highest BCUT2D eigenvalue weighted by atomic mass is 16.1. The molecule has 70 valence electrons. The maximum atomic E-state index is 10.0. The van der Waals surface area contributed by atoms with Gasteiger partial charge in [0.1, 0.15) is 6.29 Å². The summed E-state index contributed by atoms with van der Waals surface area (Å²) in [6.45, 7) is 5.19. The van der Waals surface area contributed by atoms with Gasteiger partial charge in [0.25, 0.3) is 0 Å². The lowest BCUT2D eigenvalue weighted by Gasteiger charge is -2.02. The highest BCUT2D eigenvalue weighted by Gasteiger charge is 1.97. The molecular weight excluding hydrogens is 164 g/mol. The maximum Gasteiger partial charge on any atom is 0.142 e. The van der Waals surface area contributed by atoms with Crippen LogP contribution in [0.1, 0.15) is 19.4 Å². The molecule has 0 aliphatic carbocycles. The van der Waals surface area contributed by atoms with E-state index in [9.17, 15) is 4.79 Å². The molecule has 0 saturated carbocycles. The van der Waals surface area contributed by atoms with Crippen LogP contribution in [-0.4, -0.2) is 16.1 Å². The van der Waals surface area contributed by atoms with E-state index in [2.05, 4.69) is 18.9 Å². The number of aromatic nitrogens is 2. The first kappa shape index (κ1) is 9.71. The lowest BCUT2D eigenvalue weighted by molar-refractivity contribution is -0.104. The number of hydrogen-bond acceptors (Lipinski definition) is 2. The van der Waals surface area contributed by atoms with Crippen LogP contribution in [0.15, 0.2) is 18.5 Å². The van der Waals surface area contributed by atoms with E-state index in [1.165, 1.54) is 6.08 Å². The van der Waals surface area contributed by atoms with Crippen LogP contribution in [-0.2, 0) is 11.3 Å². The molecule has 3 heteroatoms. The number of carbonyl (C=O) groups excluding carboxylic acids is 1. The Labute approximate surface area is 78.1 Å². The van der Waals surface area contributed by atoms with E-state index in [0.717, 1.165) is 18.4 Å². The van der Waals surface area contributed by atoms with Crippen LogP contribution in [0.5, 0.6) is 0 Å². The Morgan fingerprint density at radius 1 is 1.62 bits per heavy atom. The van der Waals surface area contributed by atoms with Crippen molar-refractivity contribution in [2.24, 2.45) is 5.92 Å². The normalized spacial score (nSPS) is 11.3. The summed E-state index contributed by atoms with van der Waals surface area (Å²) < 4.78 is 1.88. The van der Waals surface area contributed by atoms with Crippen LogP contribution >= 0.6 is 0 Å². The molecule has 0 aromatic carbocycles. The summed E-state index contributed by atoms with van der Waals surface area (Å²) >= 11 is 0. The number of allylic oxidation sites excluding steroid dienone is 1. The van der Waals surface area contributed by atoms with Gasteiger partial charge in [0.15, 0.2) is 0 Å². The van der Waals surface area contributed by atoms with Crippen molar-refractivity contribution in [3.8, 4) is 0 Å². The number of aldehydes is 1. The maximum absolute atomic E-state index is 10.0. The predicted molar refractivity (Wildman–Crippen MR) is 52.2 cm³/mol. The molecule has 0 N–H and O–H groups in total. The van der Waals surface area contributed by atoms with Gasteiger partial charge in [-0.05, 0) is 18.1 Å². The van der Waals surface area contributed by atoms with Crippen LogP contribution in [0, 0.1) is 5.92 Å². The fraction of sp³-hybridized carbons (Fsp3) is 0.400. The average Bonchev–Trinajstić information content (AvgIpc) is 2.48. The molecule has 13 heavy (non-hydrogen) atoms. The Hall–Kier alpha value is -1.38. The second-order valence-electron chi connectivity index (χ2n) is 3.38. The second kappa shape index (κ2) is 4.60. The molecule has 0 aliphatic rings. The minimum Gasteiger partial charge on any atom is -0.299 e. The molecule has 0 unspecified atom stereocenters. The Bertz CT molecular complexity index is 300. The highest BCUT2D eigenvalue weighted by Crippen LogP contribution is 2.03. The first-order valence-corrected chi connectivity index (χ1v) is 4.36. The van der Waals surface area contributed by atoms with E-state index >= 15 is 0 Å². The lowest BCUT2D eigenvalue weighted by Crippen LogP contribution is -2.03. The summed E-state index contributed by atoms with van der Waals surface area (Å²) in [5.74, 6) is 0.586. The molecule has 0 amide bonds. The van der Waals surface area contributed by atoms with Crippen molar-refractivity contribution in [1.29, 1.82) is 0 Å². The average molecular weight is 178 g/mol. The topological polar surface area (TPSA) is 34.9 Å². The molecule has 3 nitrogen and oxygen atoms in total. The van der Waals surface area contributed by atoms with Crippen LogP contribution < -0.4 is 0 Å². The largest absolute Gasteiger partial charge is 0.299 e. The Morgan fingerprint density at radius 2 is 2.38 bits per heavy atom. The minimum absolute atomic E-state index is 0.586. The van der Waals surface area contributed by atoms with Gasteiger partial charge in [0.2, 0.25) is 0 Å². The lowest BCUT2D eigenvalue weighted by atomic mass is 10.2. The van der Waals surface area contributed by atoms with E-state index < -0.39 is 0 Å². The number of rotatable bonds is 4. The predicted octanol–water partition coefficient (Wildman–Crippen LogP) is 1.75. The molecule has 1 aromatic heterocycles. The fourth-order valence-electron chi connectivity index (χ4n) is 1.09. The van der Waals surface area contributed by atoms with Crippen molar-refractivity contribution in [3.05, 3.63) is 24.0 Å². The van der Waals surface area contributed by atoms with Crippen molar-refractivity contribution in [1.82, 2.24) is 9.78 Å². The molecule has 0 spiro atoms. The van der Waals surface area contributed by atoms with Crippen LogP contribution in [0.2, 0.25) is 0 Å². The molecule has 0 saturated heterocycles. The number of carbonyl (C=O) groups is 1. The zero-order valence-electron chi connectivity index (χ0n) is 7.97.